The Morgan fingerprint density at radius 1 is 1.12 bits per heavy atom. The Bertz CT molecular complexity index is 1160. The van der Waals surface area contributed by atoms with Gasteiger partial charge in [-0.15, -0.1) is 0 Å². The molecule has 0 N–H and O–H groups in total. The van der Waals surface area contributed by atoms with E-state index in [9.17, 15) is 13.2 Å². The van der Waals surface area contributed by atoms with Crippen molar-refractivity contribution in [1.82, 2.24) is 18.8 Å². The molecule has 1 fully saturated rings. The summed E-state index contributed by atoms with van der Waals surface area (Å²) in [6, 6.07) is 13.4. The van der Waals surface area contributed by atoms with Gasteiger partial charge in [0.25, 0.3) is 5.91 Å². The third kappa shape index (κ3) is 4.86. The van der Waals surface area contributed by atoms with Gasteiger partial charge in [-0.25, -0.2) is 13.4 Å². The molecule has 1 aromatic heterocycles. The molecule has 4 rings (SSSR count). The number of fused-ring (bicyclic) bond motifs is 1. The predicted molar refractivity (Wildman–Crippen MR) is 126 cm³/mol. The molecule has 7 nitrogen and oxygen atoms in total. The normalized spacial score (nSPS) is 17.7. The molecule has 2 aromatic carbocycles. The first-order valence-corrected chi connectivity index (χ1v) is 12.8. The zero-order chi connectivity index (χ0) is 22.6. The van der Waals surface area contributed by atoms with Crippen LogP contribution < -0.4 is 0 Å². The van der Waals surface area contributed by atoms with Crippen LogP contribution in [0.25, 0.3) is 10.8 Å². The quantitative estimate of drug-likeness (QED) is 0.523. The number of benzene rings is 2. The number of carbonyl (C=O) groups is 1. The van der Waals surface area contributed by atoms with Crippen molar-refractivity contribution in [2.75, 3.05) is 25.4 Å². The number of piperazine rings is 1. The van der Waals surface area contributed by atoms with Crippen molar-refractivity contribution in [3.8, 4) is 0 Å². The fraction of sp³-hybridized carbons (Fsp3) is 0.417. The lowest BCUT2D eigenvalue weighted by molar-refractivity contribution is 0.0620. The Balaban J connectivity index is 1.52. The summed E-state index contributed by atoms with van der Waals surface area (Å²) < 4.78 is 29.7. The Morgan fingerprint density at radius 3 is 2.72 bits per heavy atom. The number of aryl methyl sites for hydroxylation is 1. The smallest absolute Gasteiger partial charge is 0.254 e. The molecule has 0 spiro atoms. The third-order valence-electron chi connectivity index (χ3n) is 6.15. The summed E-state index contributed by atoms with van der Waals surface area (Å²) in [4.78, 5) is 19.2. The van der Waals surface area contributed by atoms with Gasteiger partial charge in [0.1, 0.15) is 0 Å². The number of aromatic nitrogens is 2. The minimum Gasteiger partial charge on any atom is -0.336 e. The number of hydrogen-bond donors (Lipinski definition) is 0. The van der Waals surface area contributed by atoms with Crippen LogP contribution in [0.2, 0.25) is 0 Å². The molecular formula is C24H30N4O3S. The summed E-state index contributed by atoms with van der Waals surface area (Å²) in [5.41, 5.74) is 0.675. The maximum absolute atomic E-state index is 13.4. The van der Waals surface area contributed by atoms with Crippen LogP contribution >= 0.6 is 0 Å². The number of carbonyl (C=O) groups excluding carboxylic acids is 1. The molecule has 2 heterocycles. The molecule has 170 valence electrons. The van der Waals surface area contributed by atoms with E-state index in [1.165, 1.54) is 0 Å². The van der Waals surface area contributed by atoms with Gasteiger partial charge < -0.3 is 9.47 Å². The molecule has 1 atom stereocenters. The second-order valence-corrected chi connectivity index (χ2v) is 10.3. The summed E-state index contributed by atoms with van der Waals surface area (Å²) in [7, 11) is -3.44. The minimum absolute atomic E-state index is 0.0289. The Hall–Kier alpha value is -2.71. The van der Waals surface area contributed by atoms with Crippen molar-refractivity contribution >= 4 is 26.7 Å². The zero-order valence-electron chi connectivity index (χ0n) is 18.4. The lowest BCUT2D eigenvalue weighted by atomic mass is 10.0. The van der Waals surface area contributed by atoms with Crippen molar-refractivity contribution in [3.05, 3.63) is 66.7 Å². The van der Waals surface area contributed by atoms with Gasteiger partial charge in [-0.05, 0) is 23.3 Å². The van der Waals surface area contributed by atoms with E-state index in [0.717, 1.165) is 30.0 Å². The van der Waals surface area contributed by atoms with E-state index in [4.69, 9.17) is 0 Å². The second kappa shape index (κ2) is 9.83. The van der Waals surface area contributed by atoms with E-state index in [1.807, 2.05) is 47.4 Å². The van der Waals surface area contributed by atoms with Crippen LogP contribution in [0.15, 0.2) is 61.2 Å². The molecule has 0 saturated carbocycles. The Morgan fingerprint density at radius 2 is 1.94 bits per heavy atom. The van der Waals surface area contributed by atoms with Crippen molar-refractivity contribution in [2.45, 2.75) is 38.8 Å². The fourth-order valence-electron chi connectivity index (χ4n) is 4.40. The Kier molecular flexibility index (Phi) is 6.91. The van der Waals surface area contributed by atoms with E-state index in [-0.39, 0.29) is 17.7 Å². The second-order valence-electron chi connectivity index (χ2n) is 8.30. The van der Waals surface area contributed by atoms with Crippen LogP contribution in [0.3, 0.4) is 0 Å². The van der Waals surface area contributed by atoms with Crippen molar-refractivity contribution < 1.29 is 13.2 Å². The number of imidazole rings is 1. The van der Waals surface area contributed by atoms with Crippen molar-refractivity contribution in [2.24, 2.45) is 0 Å². The van der Waals surface area contributed by atoms with E-state index < -0.39 is 10.0 Å². The number of rotatable bonds is 8. The van der Waals surface area contributed by atoms with Crippen LogP contribution in [0.4, 0.5) is 0 Å². The summed E-state index contributed by atoms with van der Waals surface area (Å²) in [6.45, 7) is 3.62. The highest BCUT2D eigenvalue weighted by Crippen LogP contribution is 2.24. The monoisotopic (exact) mass is 454 g/mol. The predicted octanol–water partition coefficient (Wildman–Crippen LogP) is 3.38. The van der Waals surface area contributed by atoms with Crippen LogP contribution in [-0.2, 0) is 16.6 Å². The number of amides is 1. The average Bonchev–Trinajstić information content (AvgIpc) is 3.34. The summed E-state index contributed by atoms with van der Waals surface area (Å²) >= 11 is 0. The largest absolute Gasteiger partial charge is 0.336 e. The molecule has 1 saturated heterocycles. The summed E-state index contributed by atoms with van der Waals surface area (Å²) in [5, 5.41) is 1.96. The standard InChI is InChI=1S/C24H30N4O3S/c1-2-3-9-21-18-27(24(29)23-11-6-8-20-7-4-5-10-22(20)23)14-15-28(21)32(30,31)17-16-26-13-12-25-19-26/h4-8,10-13,19,21H,2-3,9,14-18H2,1H3/t21-/m0/s1. The molecular weight excluding hydrogens is 424 g/mol. The molecule has 0 unspecified atom stereocenters. The van der Waals surface area contributed by atoms with Gasteiger partial charge in [-0.3, -0.25) is 4.79 Å². The number of unbranched alkanes of at least 4 members (excludes halogenated alkanes) is 1. The highest BCUT2D eigenvalue weighted by atomic mass is 32.2. The lowest BCUT2D eigenvalue weighted by Gasteiger charge is -2.41. The van der Waals surface area contributed by atoms with E-state index in [2.05, 4.69) is 11.9 Å². The van der Waals surface area contributed by atoms with Crippen LogP contribution in [0.5, 0.6) is 0 Å². The van der Waals surface area contributed by atoms with E-state index in [0.29, 0.717) is 31.7 Å². The van der Waals surface area contributed by atoms with Crippen LogP contribution in [0, 0.1) is 0 Å². The van der Waals surface area contributed by atoms with Crippen LogP contribution in [-0.4, -0.2) is 64.5 Å². The molecule has 1 amide bonds. The molecule has 3 aromatic rings. The van der Waals surface area contributed by atoms with Crippen LogP contribution in [0.1, 0.15) is 36.5 Å². The first-order chi connectivity index (χ1) is 15.5. The molecule has 1 aliphatic rings. The molecule has 0 aliphatic carbocycles. The maximum Gasteiger partial charge on any atom is 0.254 e. The topological polar surface area (TPSA) is 75.5 Å². The van der Waals surface area contributed by atoms with Crippen molar-refractivity contribution in [1.29, 1.82) is 0 Å². The minimum atomic E-state index is -3.44. The summed E-state index contributed by atoms with van der Waals surface area (Å²) in [6.07, 6.45) is 7.70. The molecule has 8 heteroatoms. The molecule has 0 radical (unpaired) electrons. The van der Waals surface area contributed by atoms with Gasteiger partial charge in [0.2, 0.25) is 10.0 Å². The average molecular weight is 455 g/mol. The first kappa shape index (κ1) is 22.5. The molecule has 0 bridgehead atoms. The van der Waals surface area contributed by atoms with Gasteiger partial charge in [-0.1, -0.05) is 56.2 Å². The lowest BCUT2D eigenvalue weighted by Crippen LogP contribution is -2.57. The summed E-state index contributed by atoms with van der Waals surface area (Å²) in [5.74, 6) is 0.00208. The van der Waals surface area contributed by atoms with Crippen molar-refractivity contribution in [3.63, 3.8) is 0 Å². The van der Waals surface area contributed by atoms with E-state index >= 15 is 0 Å². The third-order valence-corrected chi connectivity index (χ3v) is 8.04. The SMILES string of the molecule is CCCC[C@H]1CN(C(=O)c2cccc3ccccc23)CCN1S(=O)(=O)CCn1ccnc1. The number of hydrogen-bond acceptors (Lipinski definition) is 4. The molecule has 32 heavy (non-hydrogen) atoms. The van der Waals surface area contributed by atoms with Gasteiger partial charge in [-0.2, -0.15) is 4.31 Å². The molecule has 1 aliphatic heterocycles. The van der Waals surface area contributed by atoms with Gasteiger partial charge >= 0.3 is 0 Å². The number of sulfonamides is 1. The number of nitrogens with zero attached hydrogens (tertiary/aromatic N) is 4. The zero-order valence-corrected chi connectivity index (χ0v) is 19.2. The van der Waals surface area contributed by atoms with Gasteiger partial charge in [0.15, 0.2) is 0 Å². The first-order valence-electron chi connectivity index (χ1n) is 11.2. The fourth-order valence-corrected chi connectivity index (χ4v) is 6.07. The maximum atomic E-state index is 13.4. The van der Waals surface area contributed by atoms with Gasteiger partial charge in [0, 0.05) is 50.2 Å². The highest BCUT2D eigenvalue weighted by molar-refractivity contribution is 7.89. The Labute approximate surface area is 189 Å². The highest BCUT2D eigenvalue weighted by Gasteiger charge is 2.36. The van der Waals surface area contributed by atoms with Gasteiger partial charge in [0.05, 0.1) is 12.1 Å². The van der Waals surface area contributed by atoms with E-state index in [1.54, 1.807) is 27.6 Å².